The number of nitrogens with zero attached hydrogens (tertiary/aromatic N) is 1. The maximum atomic E-state index is 12.4. The normalized spacial score (nSPS) is 12.9. The molecule has 0 amide bonds. The minimum atomic E-state index is -0.210. The summed E-state index contributed by atoms with van der Waals surface area (Å²) in [6.07, 6.45) is 0. The molecule has 4 aromatic rings. The topological polar surface area (TPSA) is 63.3 Å². The molecule has 3 aromatic heterocycles. The molecule has 6 heteroatoms. The van der Waals surface area contributed by atoms with Gasteiger partial charge in [0.2, 0.25) is 5.58 Å². The van der Waals surface area contributed by atoms with Crippen molar-refractivity contribution >= 4 is 33.4 Å². The van der Waals surface area contributed by atoms with Gasteiger partial charge in [0.1, 0.15) is 24.2 Å². The van der Waals surface area contributed by atoms with E-state index in [0.717, 1.165) is 18.5 Å². The number of para-hydroxylation sites is 1. The molecule has 2 N–H and O–H groups in total. The minimum absolute atomic E-state index is 0.210. The van der Waals surface area contributed by atoms with Crippen LogP contribution in [0.2, 0.25) is 0 Å². The van der Waals surface area contributed by atoms with Crippen molar-refractivity contribution in [3.05, 3.63) is 62.8 Å². The monoisotopic (exact) mass is 340 g/mol. The highest BCUT2D eigenvalue weighted by Crippen LogP contribution is 2.24. The lowest BCUT2D eigenvalue weighted by molar-refractivity contribution is -0.926. The molecule has 0 saturated carbocycles. The Morgan fingerprint density at radius 2 is 2.08 bits per heavy atom. The fourth-order valence-electron chi connectivity index (χ4n) is 2.94. The van der Waals surface area contributed by atoms with Crippen LogP contribution in [0.25, 0.3) is 22.1 Å². The molecule has 1 aromatic carbocycles. The van der Waals surface area contributed by atoms with Crippen LogP contribution < -0.4 is 10.5 Å². The van der Waals surface area contributed by atoms with Crippen molar-refractivity contribution < 1.29 is 9.32 Å². The molecule has 0 aliphatic rings. The molecule has 0 fully saturated rings. The van der Waals surface area contributed by atoms with Gasteiger partial charge in [-0.15, -0.1) is 11.3 Å². The van der Waals surface area contributed by atoms with Gasteiger partial charge in [-0.2, -0.15) is 0 Å². The predicted molar refractivity (Wildman–Crippen MR) is 95.4 cm³/mol. The zero-order valence-corrected chi connectivity index (χ0v) is 14.2. The first-order chi connectivity index (χ1) is 11.7. The number of aromatic nitrogens is 2. The zero-order valence-electron chi connectivity index (χ0n) is 13.3. The number of furan rings is 1. The second kappa shape index (κ2) is 6.22. The number of quaternary nitrogens is 1. The molecule has 122 valence electrons. The maximum Gasteiger partial charge on any atom is 0.294 e. The van der Waals surface area contributed by atoms with Gasteiger partial charge in [0.25, 0.3) is 5.56 Å². The fourth-order valence-corrected chi connectivity index (χ4v) is 3.72. The van der Waals surface area contributed by atoms with Crippen LogP contribution in [0, 0.1) is 0 Å². The Bertz CT molecular complexity index is 1030. The van der Waals surface area contributed by atoms with Crippen LogP contribution in [0.4, 0.5) is 0 Å². The van der Waals surface area contributed by atoms with Crippen LogP contribution in [-0.4, -0.2) is 16.5 Å². The van der Waals surface area contributed by atoms with Gasteiger partial charge in [-0.25, -0.2) is 4.98 Å². The summed E-state index contributed by atoms with van der Waals surface area (Å²) < 4.78 is 5.64. The van der Waals surface area contributed by atoms with E-state index in [2.05, 4.69) is 34.4 Å². The van der Waals surface area contributed by atoms with Gasteiger partial charge in [0.15, 0.2) is 5.82 Å². The van der Waals surface area contributed by atoms with Gasteiger partial charge in [0.05, 0.1) is 11.4 Å². The van der Waals surface area contributed by atoms with Crippen molar-refractivity contribution in [1.82, 2.24) is 9.97 Å². The van der Waals surface area contributed by atoms with Crippen molar-refractivity contribution in [3.8, 4) is 0 Å². The average Bonchev–Trinajstić information content (AvgIpc) is 3.22. The molecule has 1 atom stereocenters. The molecule has 0 saturated heterocycles. The van der Waals surface area contributed by atoms with Gasteiger partial charge in [-0.3, -0.25) is 4.79 Å². The van der Waals surface area contributed by atoms with Crippen LogP contribution in [0.5, 0.6) is 0 Å². The Balaban J connectivity index is 1.71. The second-order valence-electron chi connectivity index (χ2n) is 5.83. The maximum absolute atomic E-state index is 12.4. The minimum Gasteiger partial charge on any atom is -0.449 e. The van der Waals surface area contributed by atoms with Gasteiger partial charge in [0, 0.05) is 5.39 Å². The first kappa shape index (κ1) is 15.1. The highest BCUT2D eigenvalue weighted by molar-refractivity contribution is 7.09. The highest BCUT2D eigenvalue weighted by Gasteiger charge is 2.16. The van der Waals surface area contributed by atoms with Crippen LogP contribution in [-0.2, 0) is 13.1 Å². The standard InChI is InChI=1S/C18H17N3O2S/c1-2-21(10-12-6-5-9-24-12)11-15-19-16-13-7-3-4-8-14(13)23-17(16)18(22)20-15/h3-9H,2,10-11H2,1H3,(H,19,20,22)/p+1. The third kappa shape index (κ3) is 2.74. The number of hydrogen-bond acceptors (Lipinski definition) is 4. The Morgan fingerprint density at radius 1 is 1.21 bits per heavy atom. The highest BCUT2D eigenvalue weighted by atomic mass is 32.1. The largest absolute Gasteiger partial charge is 0.449 e. The summed E-state index contributed by atoms with van der Waals surface area (Å²) in [6.45, 7) is 4.72. The number of aromatic amines is 1. The summed E-state index contributed by atoms with van der Waals surface area (Å²) in [4.78, 5) is 22.6. The first-order valence-corrected chi connectivity index (χ1v) is 8.89. The number of thiophene rings is 1. The van der Waals surface area contributed by atoms with E-state index in [0.29, 0.717) is 29.1 Å². The van der Waals surface area contributed by atoms with E-state index in [1.807, 2.05) is 24.3 Å². The van der Waals surface area contributed by atoms with Crippen molar-refractivity contribution in [3.63, 3.8) is 0 Å². The van der Waals surface area contributed by atoms with E-state index in [1.165, 1.54) is 9.78 Å². The number of fused-ring (bicyclic) bond motifs is 3. The van der Waals surface area contributed by atoms with E-state index in [-0.39, 0.29) is 5.56 Å². The molecule has 1 unspecified atom stereocenters. The van der Waals surface area contributed by atoms with E-state index in [9.17, 15) is 4.79 Å². The Kier molecular flexibility index (Phi) is 3.92. The van der Waals surface area contributed by atoms with Crippen LogP contribution in [0.15, 0.2) is 51.0 Å². The van der Waals surface area contributed by atoms with Crippen molar-refractivity contribution in [1.29, 1.82) is 0 Å². The lowest BCUT2D eigenvalue weighted by atomic mass is 10.2. The molecule has 5 nitrogen and oxygen atoms in total. The summed E-state index contributed by atoms with van der Waals surface area (Å²) in [5.41, 5.74) is 1.44. The molecular weight excluding hydrogens is 322 g/mol. The Morgan fingerprint density at radius 3 is 2.88 bits per heavy atom. The van der Waals surface area contributed by atoms with Crippen molar-refractivity contribution in [2.75, 3.05) is 6.54 Å². The average molecular weight is 340 g/mol. The number of nitrogens with one attached hydrogen (secondary N) is 2. The molecule has 0 aliphatic carbocycles. The summed E-state index contributed by atoms with van der Waals surface area (Å²) in [7, 11) is 0. The molecule has 0 spiro atoms. The molecule has 24 heavy (non-hydrogen) atoms. The van der Waals surface area contributed by atoms with Crippen LogP contribution in [0.1, 0.15) is 17.6 Å². The Hall–Kier alpha value is -2.44. The predicted octanol–water partition coefficient (Wildman–Crippen LogP) is 2.34. The quantitative estimate of drug-likeness (QED) is 0.586. The summed E-state index contributed by atoms with van der Waals surface area (Å²) in [5.74, 6) is 0.701. The third-order valence-electron chi connectivity index (χ3n) is 4.20. The summed E-state index contributed by atoms with van der Waals surface area (Å²) in [6, 6.07) is 11.8. The Labute approximate surface area is 142 Å². The summed E-state index contributed by atoms with van der Waals surface area (Å²) in [5, 5.41) is 2.98. The van der Waals surface area contributed by atoms with E-state index in [4.69, 9.17) is 4.42 Å². The van der Waals surface area contributed by atoms with Crippen LogP contribution >= 0.6 is 11.3 Å². The van der Waals surface area contributed by atoms with Gasteiger partial charge in [-0.1, -0.05) is 18.2 Å². The first-order valence-electron chi connectivity index (χ1n) is 8.01. The third-order valence-corrected chi connectivity index (χ3v) is 5.08. The lowest BCUT2D eigenvalue weighted by Crippen LogP contribution is -3.09. The number of hydrogen-bond donors (Lipinski definition) is 2. The molecule has 4 rings (SSSR count). The number of H-pyrrole nitrogens is 1. The van der Waals surface area contributed by atoms with Crippen molar-refractivity contribution in [2.24, 2.45) is 0 Å². The fraction of sp³-hybridized carbons (Fsp3) is 0.222. The zero-order chi connectivity index (χ0) is 16.5. The van der Waals surface area contributed by atoms with Crippen molar-refractivity contribution in [2.45, 2.75) is 20.0 Å². The summed E-state index contributed by atoms with van der Waals surface area (Å²) >= 11 is 1.76. The molecular formula is C18H18N3O2S+. The number of benzene rings is 1. The van der Waals surface area contributed by atoms with Gasteiger partial charge < -0.3 is 14.3 Å². The van der Waals surface area contributed by atoms with E-state index < -0.39 is 0 Å². The van der Waals surface area contributed by atoms with Crippen LogP contribution in [0.3, 0.4) is 0 Å². The molecule has 0 radical (unpaired) electrons. The van der Waals surface area contributed by atoms with Gasteiger partial charge >= 0.3 is 0 Å². The lowest BCUT2D eigenvalue weighted by Gasteiger charge is -2.16. The number of rotatable bonds is 5. The smallest absolute Gasteiger partial charge is 0.294 e. The molecule has 3 heterocycles. The molecule has 0 aliphatic heterocycles. The van der Waals surface area contributed by atoms with E-state index in [1.54, 1.807) is 11.3 Å². The van der Waals surface area contributed by atoms with E-state index >= 15 is 0 Å². The molecule has 0 bridgehead atoms. The second-order valence-corrected chi connectivity index (χ2v) is 6.86. The van der Waals surface area contributed by atoms with Gasteiger partial charge in [-0.05, 0) is 30.5 Å². The SMILES string of the molecule is CC[NH+](Cc1nc2c(oc3ccccc32)c(=O)[nH]1)Cc1cccs1.